The van der Waals surface area contributed by atoms with Crippen LogP contribution in [0.5, 0.6) is 11.5 Å². The third-order valence-corrected chi connectivity index (χ3v) is 5.66. The summed E-state index contributed by atoms with van der Waals surface area (Å²) < 4.78 is 12.8. The smallest absolute Gasteiger partial charge is 0.231 e. The first-order valence-corrected chi connectivity index (χ1v) is 8.63. The molecule has 0 bridgehead atoms. The van der Waals surface area contributed by atoms with E-state index in [0.717, 1.165) is 42.1 Å². The molecule has 0 radical (unpaired) electrons. The summed E-state index contributed by atoms with van der Waals surface area (Å²) in [5.74, 6) is 1.43. The Kier molecular flexibility index (Phi) is 2.95. The van der Waals surface area contributed by atoms with Crippen LogP contribution in [0, 0.1) is 0 Å². The molecule has 5 rings (SSSR count). The largest absolute Gasteiger partial charge is 0.454 e. The van der Waals surface area contributed by atoms with Gasteiger partial charge in [-0.1, -0.05) is 11.3 Å². The molecule has 2 aromatic heterocycles. The lowest BCUT2D eigenvalue weighted by Crippen LogP contribution is -2.26. The van der Waals surface area contributed by atoms with E-state index in [1.54, 1.807) is 11.3 Å². The number of thiazole rings is 1. The first-order valence-electron chi connectivity index (χ1n) is 7.81. The molecule has 0 spiro atoms. The van der Waals surface area contributed by atoms with Crippen LogP contribution >= 0.6 is 11.3 Å². The number of carbonyl (C=O) groups is 1. The summed E-state index contributed by atoms with van der Waals surface area (Å²) in [4.78, 5) is 21.0. The summed E-state index contributed by atoms with van der Waals surface area (Å²) in [5, 5.41) is 0. The van der Waals surface area contributed by atoms with Crippen molar-refractivity contribution in [3.8, 4) is 22.8 Å². The van der Waals surface area contributed by atoms with Gasteiger partial charge in [-0.05, 0) is 25.2 Å². The van der Waals surface area contributed by atoms with Gasteiger partial charge in [-0.2, -0.15) is 0 Å². The summed E-state index contributed by atoms with van der Waals surface area (Å²) in [5.41, 5.74) is 3.41. The SMILES string of the molecule is CN1CCc2c(sc3nc(-c4ccc5c(c4)OCO5)c(C=O)n23)C1. The molecule has 2 aliphatic rings. The Morgan fingerprint density at radius 3 is 3.04 bits per heavy atom. The number of carbonyl (C=O) groups excluding carboxylic acids is 1. The molecule has 4 heterocycles. The maximum atomic E-state index is 11.8. The molecular formula is C17H15N3O3S. The predicted molar refractivity (Wildman–Crippen MR) is 90.1 cm³/mol. The fourth-order valence-corrected chi connectivity index (χ4v) is 4.65. The number of benzene rings is 1. The van der Waals surface area contributed by atoms with Crippen molar-refractivity contribution >= 4 is 22.6 Å². The number of fused-ring (bicyclic) bond motifs is 4. The monoisotopic (exact) mass is 341 g/mol. The summed E-state index contributed by atoms with van der Waals surface area (Å²) >= 11 is 1.67. The number of likely N-dealkylation sites (N-methyl/N-ethyl adjacent to an activating group) is 1. The second kappa shape index (κ2) is 5.06. The number of ether oxygens (including phenoxy) is 2. The van der Waals surface area contributed by atoms with Crippen LogP contribution in [0.1, 0.15) is 21.1 Å². The molecule has 0 atom stereocenters. The first kappa shape index (κ1) is 14.0. The van der Waals surface area contributed by atoms with Crippen molar-refractivity contribution in [1.82, 2.24) is 14.3 Å². The topological polar surface area (TPSA) is 56.1 Å². The van der Waals surface area contributed by atoms with E-state index >= 15 is 0 Å². The van der Waals surface area contributed by atoms with Crippen molar-refractivity contribution in [3.63, 3.8) is 0 Å². The highest BCUT2D eigenvalue weighted by atomic mass is 32.1. The molecule has 0 unspecified atom stereocenters. The third-order valence-electron chi connectivity index (χ3n) is 4.59. The lowest BCUT2D eigenvalue weighted by Gasteiger charge is -2.21. The lowest BCUT2D eigenvalue weighted by atomic mass is 10.1. The summed E-state index contributed by atoms with van der Waals surface area (Å²) in [6.07, 6.45) is 1.84. The van der Waals surface area contributed by atoms with Gasteiger partial charge in [0, 0.05) is 35.6 Å². The molecule has 0 saturated heterocycles. The second-order valence-electron chi connectivity index (χ2n) is 6.11. The lowest BCUT2D eigenvalue weighted by molar-refractivity contribution is 0.111. The Morgan fingerprint density at radius 2 is 2.17 bits per heavy atom. The molecule has 6 nitrogen and oxygen atoms in total. The normalized spacial score (nSPS) is 16.5. The average molecular weight is 341 g/mol. The van der Waals surface area contributed by atoms with Crippen LogP contribution in [-0.4, -0.2) is 41.0 Å². The Hall–Kier alpha value is -2.38. The molecule has 0 aliphatic carbocycles. The molecule has 0 saturated carbocycles. The molecule has 122 valence electrons. The molecule has 1 aromatic carbocycles. The van der Waals surface area contributed by atoms with E-state index in [1.807, 2.05) is 22.6 Å². The van der Waals surface area contributed by atoms with E-state index in [4.69, 9.17) is 14.5 Å². The average Bonchev–Trinajstić information content (AvgIpc) is 3.25. The van der Waals surface area contributed by atoms with Gasteiger partial charge in [-0.15, -0.1) is 0 Å². The standard InChI is InChI=1S/C17H15N3O3S/c1-19-5-4-11-15(7-19)24-17-18-16(12(8-21)20(11)17)10-2-3-13-14(6-10)23-9-22-13/h2-3,6,8H,4-5,7,9H2,1H3. The summed E-state index contributed by atoms with van der Waals surface area (Å²) in [6, 6.07) is 5.68. The van der Waals surface area contributed by atoms with E-state index < -0.39 is 0 Å². The van der Waals surface area contributed by atoms with E-state index in [9.17, 15) is 4.79 Å². The quantitative estimate of drug-likeness (QED) is 0.671. The van der Waals surface area contributed by atoms with Crippen LogP contribution in [0.15, 0.2) is 18.2 Å². The van der Waals surface area contributed by atoms with Crippen molar-refractivity contribution in [1.29, 1.82) is 0 Å². The predicted octanol–water partition coefficient (Wildman–Crippen LogP) is 2.59. The minimum absolute atomic E-state index is 0.235. The van der Waals surface area contributed by atoms with Crippen LogP contribution in [0.3, 0.4) is 0 Å². The number of hydrogen-bond donors (Lipinski definition) is 0. The first-order chi connectivity index (χ1) is 11.7. The van der Waals surface area contributed by atoms with Crippen molar-refractivity contribution in [3.05, 3.63) is 34.5 Å². The van der Waals surface area contributed by atoms with Gasteiger partial charge in [0.1, 0.15) is 11.4 Å². The Morgan fingerprint density at radius 1 is 1.29 bits per heavy atom. The minimum atomic E-state index is 0.235. The van der Waals surface area contributed by atoms with E-state index in [-0.39, 0.29) is 6.79 Å². The number of aldehydes is 1. The van der Waals surface area contributed by atoms with Gasteiger partial charge in [0.25, 0.3) is 0 Å². The van der Waals surface area contributed by atoms with E-state index in [1.165, 1.54) is 10.6 Å². The van der Waals surface area contributed by atoms with Crippen molar-refractivity contribution in [2.45, 2.75) is 13.0 Å². The molecule has 7 heteroatoms. The fraction of sp³-hybridized carbons (Fsp3) is 0.294. The third kappa shape index (κ3) is 1.91. The van der Waals surface area contributed by atoms with Crippen LogP contribution < -0.4 is 9.47 Å². The summed E-state index contributed by atoms with van der Waals surface area (Å²) in [7, 11) is 2.12. The number of aromatic nitrogens is 2. The van der Waals surface area contributed by atoms with Crippen molar-refractivity contribution in [2.75, 3.05) is 20.4 Å². The van der Waals surface area contributed by atoms with Gasteiger partial charge in [0.2, 0.25) is 6.79 Å². The second-order valence-corrected chi connectivity index (χ2v) is 7.17. The Bertz CT molecular complexity index is 975. The Balaban J connectivity index is 1.70. The zero-order chi connectivity index (χ0) is 16.3. The van der Waals surface area contributed by atoms with Gasteiger partial charge >= 0.3 is 0 Å². The van der Waals surface area contributed by atoms with Crippen LogP contribution in [0.4, 0.5) is 0 Å². The maximum absolute atomic E-state index is 11.8. The highest BCUT2D eigenvalue weighted by molar-refractivity contribution is 7.17. The molecule has 3 aromatic rings. The zero-order valence-electron chi connectivity index (χ0n) is 13.1. The van der Waals surface area contributed by atoms with Gasteiger partial charge in [-0.25, -0.2) is 4.98 Å². The number of nitrogens with zero attached hydrogens (tertiary/aromatic N) is 3. The van der Waals surface area contributed by atoms with Crippen LogP contribution in [-0.2, 0) is 13.0 Å². The van der Waals surface area contributed by atoms with Gasteiger partial charge in [-0.3, -0.25) is 9.20 Å². The molecule has 24 heavy (non-hydrogen) atoms. The van der Waals surface area contributed by atoms with Gasteiger partial charge < -0.3 is 14.4 Å². The highest BCUT2D eigenvalue weighted by Gasteiger charge is 2.25. The maximum Gasteiger partial charge on any atom is 0.231 e. The minimum Gasteiger partial charge on any atom is -0.454 e. The molecule has 0 fully saturated rings. The van der Waals surface area contributed by atoms with E-state index in [0.29, 0.717) is 17.1 Å². The molecule has 0 N–H and O–H groups in total. The number of rotatable bonds is 2. The van der Waals surface area contributed by atoms with Gasteiger partial charge in [0.05, 0.1) is 0 Å². The number of hydrogen-bond acceptors (Lipinski definition) is 6. The summed E-state index contributed by atoms with van der Waals surface area (Å²) in [6.45, 7) is 2.15. The molecular weight excluding hydrogens is 326 g/mol. The van der Waals surface area contributed by atoms with Gasteiger partial charge in [0.15, 0.2) is 22.7 Å². The number of imidazole rings is 1. The van der Waals surface area contributed by atoms with Crippen molar-refractivity contribution in [2.24, 2.45) is 0 Å². The fourth-order valence-electron chi connectivity index (χ4n) is 3.40. The van der Waals surface area contributed by atoms with Crippen LogP contribution in [0.25, 0.3) is 16.2 Å². The highest BCUT2D eigenvalue weighted by Crippen LogP contribution is 2.38. The van der Waals surface area contributed by atoms with Crippen LogP contribution in [0.2, 0.25) is 0 Å². The molecule has 2 aliphatic heterocycles. The van der Waals surface area contributed by atoms with E-state index in [2.05, 4.69) is 11.9 Å². The molecule has 0 amide bonds. The Labute approximate surface area is 142 Å². The zero-order valence-corrected chi connectivity index (χ0v) is 13.9. The van der Waals surface area contributed by atoms with Crippen molar-refractivity contribution < 1.29 is 14.3 Å².